The van der Waals surface area contributed by atoms with E-state index in [9.17, 15) is 0 Å². The van der Waals surface area contributed by atoms with Crippen LogP contribution in [0.4, 0.5) is 0 Å². The van der Waals surface area contributed by atoms with Gasteiger partial charge in [-0.05, 0) is 38.3 Å². The SMILES string of the molecule is CCCNC(=NC)NCc1cccc(COC(C)(C)C)c1.I. The van der Waals surface area contributed by atoms with Gasteiger partial charge in [-0.3, -0.25) is 4.99 Å². The van der Waals surface area contributed by atoms with Gasteiger partial charge in [-0.15, -0.1) is 24.0 Å². The molecule has 2 N–H and O–H groups in total. The first-order valence-electron chi connectivity index (χ1n) is 7.61. The van der Waals surface area contributed by atoms with E-state index in [1.165, 1.54) is 11.1 Å². The van der Waals surface area contributed by atoms with Gasteiger partial charge < -0.3 is 15.4 Å². The van der Waals surface area contributed by atoms with Crippen LogP contribution >= 0.6 is 24.0 Å². The van der Waals surface area contributed by atoms with E-state index in [0.29, 0.717) is 6.61 Å². The molecule has 0 spiro atoms. The van der Waals surface area contributed by atoms with E-state index in [2.05, 4.69) is 67.6 Å². The van der Waals surface area contributed by atoms with E-state index >= 15 is 0 Å². The van der Waals surface area contributed by atoms with Crippen LogP contribution in [0.25, 0.3) is 0 Å². The molecule has 0 fully saturated rings. The van der Waals surface area contributed by atoms with E-state index in [1.807, 2.05) is 0 Å². The Morgan fingerprint density at radius 3 is 2.45 bits per heavy atom. The Bertz CT molecular complexity index is 455. The molecule has 0 amide bonds. The molecule has 1 aromatic carbocycles. The molecule has 0 aromatic heterocycles. The number of benzene rings is 1. The molecule has 126 valence electrons. The van der Waals surface area contributed by atoms with Gasteiger partial charge in [-0.1, -0.05) is 31.2 Å². The average Bonchev–Trinajstić information content (AvgIpc) is 2.45. The Balaban J connectivity index is 0.00000441. The lowest BCUT2D eigenvalue weighted by Gasteiger charge is -2.19. The van der Waals surface area contributed by atoms with Crippen molar-refractivity contribution in [3.63, 3.8) is 0 Å². The maximum Gasteiger partial charge on any atom is 0.191 e. The maximum absolute atomic E-state index is 5.81. The Labute approximate surface area is 152 Å². The van der Waals surface area contributed by atoms with E-state index in [1.54, 1.807) is 7.05 Å². The third-order valence-corrected chi connectivity index (χ3v) is 2.89. The zero-order valence-corrected chi connectivity index (χ0v) is 16.7. The topological polar surface area (TPSA) is 45.7 Å². The van der Waals surface area contributed by atoms with Gasteiger partial charge in [0.1, 0.15) is 0 Å². The minimum absolute atomic E-state index is 0. The average molecular weight is 419 g/mol. The van der Waals surface area contributed by atoms with Crippen LogP contribution in [0.1, 0.15) is 45.2 Å². The van der Waals surface area contributed by atoms with E-state index in [-0.39, 0.29) is 29.6 Å². The van der Waals surface area contributed by atoms with Gasteiger partial charge >= 0.3 is 0 Å². The summed E-state index contributed by atoms with van der Waals surface area (Å²) in [5.41, 5.74) is 2.31. The van der Waals surface area contributed by atoms with Crippen molar-refractivity contribution < 1.29 is 4.74 Å². The number of nitrogens with zero attached hydrogens (tertiary/aromatic N) is 1. The van der Waals surface area contributed by atoms with Gasteiger partial charge in [-0.25, -0.2) is 0 Å². The fourth-order valence-electron chi connectivity index (χ4n) is 1.78. The lowest BCUT2D eigenvalue weighted by molar-refractivity contribution is -0.0149. The van der Waals surface area contributed by atoms with Crippen LogP contribution in [0, 0.1) is 0 Å². The molecular weight excluding hydrogens is 389 g/mol. The highest BCUT2D eigenvalue weighted by Gasteiger charge is 2.10. The van der Waals surface area contributed by atoms with Gasteiger partial charge in [0.05, 0.1) is 12.2 Å². The smallest absolute Gasteiger partial charge is 0.191 e. The third-order valence-electron chi connectivity index (χ3n) is 2.89. The van der Waals surface area contributed by atoms with Crippen LogP contribution < -0.4 is 10.6 Å². The summed E-state index contributed by atoms with van der Waals surface area (Å²) in [5.74, 6) is 0.841. The quantitative estimate of drug-likeness (QED) is 0.420. The second kappa shape index (κ2) is 10.8. The number of hydrogen-bond donors (Lipinski definition) is 2. The zero-order valence-electron chi connectivity index (χ0n) is 14.4. The summed E-state index contributed by atoms with van der Waals surface area (Å²) < 4.78 is 5.81. The molecule has 5 heteroatoms. The van der Waals surface area contributed by atoms with Crippen molar-refractivity contribution in [3.05, 3.63) is 35.4 Å². The number of nitrogens with one attached hydrogen (secondary N) is 2. The highest BCUT2D eigenvalue weighted by atomic mass is 127. The summed E-state index contributed by atoms with van der Waals surface area (Å²) in [5, 5.41) is 6.58. The second-order valence-corrected chi connectivity index (χ2v) is 6.07. The number of hydrogen-bond acceptors (Lipinski definition) is 2. The number of aliphatic imine (C=N–C) groups is 1. The van der Waals surface area contributed by atoms with Crippen molar-refractivity contribution >= 4 is 29.9 Å². The Kier molecular flexibility index (Phi) is 10.4. The van der Waals surface area contributed by atoms with Crippen LogP contribution in [0.5, 0.6) is 0 Å². The normalized spacial score (nSPS) is 11.8. The van der Waals surface area contributed by atoms with Crippen LogP contribution in [-0.4, -0.2) is 25.2 Å². The largest absolute Gasteiger partial charge is 0.371 e. The molecular formula is C17H30IN3O. The Morgan fingerprint density at radius 2 is 1.86 bits per heavy atom. The summed E-state index contributed by atoms with van der Waals surface area (Å²) in [4.78, 5) is 4.20. The van der Waals surface area contributed by atoms with E-state index < -0.39 is 0 Å². The molecule has 0 aliphatic rings. The Hall–Kier alpha value is -0.820. The highest BCUT2D eigenvalue weighted by molar-refractivity contribution is 14.0. The first kappa shape index (κ1) is 21.2. The summed E-state index contributed by atoms with van der Waals surface area (Å²) in [6.45, 7) is 10.7. The minimum Gasteiger partial charge on any atom is -0.371 e. The van der Waals surface area contributed by atoms with Crippen LogP contribution in [0.3, 0.4) is 0 Å². The van der Waals surface area contributed by atoms with Crippen molar-refractivity contribution in [1.82, 2.24) is 10.6 Å². The van der Waals surface area contributed by atoms with Crippen LogP contribution in [0.15, 0.2) is 29.3 Å². The van der Waals surface area contributed by atoms with Gasteiger partial charge in [-0.2, -0.15) is 0 Å². The van der Waals surface area contributed by atoms with Crippen molar-refractivity contribution in [2.24, 2.45) is 4.99 Å². The number of ether oxygens (including phenoxy) is 1. The fraction of sp³-hybridized carbons (Fsp3) is 0.588. The van der Waals surface area contributed by atoms with Crippen molar-refractivity contribution in [1.29, 1.82) is 0 Å². The molecule has 0 radical (unpaired) electrons. The molecule has 0 saturated carbocycles. The third kappa shape index (κ3) is 9.25. The minimum atomic E-state index is -0.111. The van der Waals surface area contributed by atoms with Crippen molar-refractivity contribution in [3.8, 4) is 0 Å². The van der Waals surface area contributed by atoms with Crippen LogP contribution in [-0.2, 0) is 17.9 Å². The molecule has 4 nitrogen and oxygen atoms in total. The van der Waals surface area contributed by atoms with Gasteiger partial charge in [0.25, 0.3) is 0 Å². The van der Waals surface area contributed by atoms with Gasteiger partial charge in [0.2, 0.25) is 0 Å². The standard InChI is InChI=1S/C17H29N3O.HI/c1-6-10-19-16(18-5)20-12-14-8-7-9-15(11-14)13-21-17(2,3)4;/h7-9,11H,6,10,12-13H2,1-5H3,(H2,18,19,20);1H. The van der Waals surface area contributed by atoms with E-state index in [4.69, 9.17) is 4.74 Å². The Morgan fingerprint density at radius 1 is 1.18 bits per heavy atom. The molecule has 0 saturated heterocycles. The van der Waals surface area contributed by atoms with E-state index in [0.717, 1.165) is 25.5 Å². The molecule has 0 aliphatic carbocycles. The summed E-state index contributed by atoms with van der Waals surface area (Å²) in [6.07, 6.45) is 1.08. The van der Waals surface area contributed by atoms with Crippen LogP contribution in [0.2, 0.25) is 0 Å². The van der Waals surface area contributed by atoms with Gasteiger partial charge in [0.15, 0.2) is 5.96 Å². The molecule has 22 heavy (non-hydrogen) atoms. The first-order valence-corrected chi connectivity index (χ1v) is 7.61. The number of rotatable bonds is 6. The van der Waals surface area contributed by atoms with Gasteiger partial charge in [0, 0.05) is 20.1 Å². The fourth-order valence-corrected chi connectivity index (χ4v) is 1.78. The molecule has 0 bridgehead atoms. The summed E-state index contributed by atoms with van der Waals surface area (Å²) >= 11 is 0. The highest BCUT2D eigenvalue weighted by Crippen LogP contribution is 2.13. The predicted octanol–water partition coefficient (Wildman–Crippen LogP) is 3.69. The molecule has 0 aliphatic heterocycles. The zero-order chi connectivity index (χ0) is 15.7. The maximum atomic E-state index is 5.81. The van der Waals surface area contributed by atoms with Crippen molar-refractivity contribution in [2.45, 2.75) is 52.9 Å². The summed E-state index contributed by atoms with van der Waals surface area (Å²) in [6, 6.07) is 8.45. The molecule has 0 heterocycles. The predicted molar refractivity (Wildman–Crippen MR) is 105 cm³/mol. The lowest BCUT2D eigenvalue weighted by Crippen LogP contribution is -2.37. The molecule has 1 rings (SSSR count). The molecule has 1 aromatic rings. The van der Waals surface area contributed by atoms with Crippen molar-refractivity contribution in [2.75, 3.05) is 13.6 Å². The monoisotopic (exact) mass is 419 g/mol. The lowest BCUT2D eigenvalue weighted by atomic mass is 10.1. The first-order chi connectivity index (χ1) is 9.94. The summed E-state index contributed by atoms with van der Waals surface area (Å²) in [7, 11) is 1.79. The second-order valence-electron chi connectivity index (χ2n) is 6.07. The molecule has 0 unspecified atom stereocenters. The number of halogens is 1. The molecule has 0 atom stereocenters. The number of guanidine groups is 1.